The molecule has 0 radical (unpaired) electrons. The normalized spacial score (nSPS) is 19.6. The second-order valence-electron chi connectivity index (χ2n) is 41.9. The van der Waals surface area contributed by atoms with Crippen LogP contribution < -0.4 is 34.9 Å². The van der Waals surface area contributed by atoms with Crippen molar-refractivity contribution in [1.29, 1.82) is 0 Å². The van der Waals surface area contributed by atoms with Crippen molar-refractivity contribution in [2.75, 3.05) is 58.9 Å². The summed E-state index contributed by atoms with van der Waals surface area (Å²) < 4.78 is 6.92. The van der Waals surface area contributed by atoms with Gasteiger partial charge in [-0.1, -0.05) is 229 Å². The molecular formula is C126H129N7O6. The molecule has 704 valence electrons. The Bertz CT molecular complexity index is 6550. The Hall–Kier alpha value is -14.1. The first kappa shape index (κ1) is 95.3. The quantitative estimate of drug-likeness (QED) is 0.0277. The van der Waals surface area contributed by atoms with Crippen LogP contribution >= 0.6 is 0 Å². The molecule has 9 aromatic rings. The number of fused-ring (bicyclic) bond motifs is 6. The zero-order chi connectivity index (χ0) is 98.1. The van der Waals surface area contributed by atoms with Gasteiger partial charge in [-0.2, -0.15) is 13.7 Å². The van der Waals surface area contributed by atoms with Crippen molar-refractivity contribution in [3.63, 3.8) is 0 Å². The molecule has 6 aliphatic heterocycles. The van der Waals surface area contributed by atoms with E-state index in [1.165, 1.54) is 16.7 Å². The monoisotopic (exact) mass is 1840 g/mol. The molecule has 0 saturated carbocycles. The number of para-hydroxylation sites is 3. The second-order valence-corrected chi connectivity index (χ2v) is 41.9. The van der Waals surface area contributed by atoms with Crippen molar-refractivity contribution in [3.05, 3.63) is 371 Å². The maximum absolute atomic E-state index is 14.5. The van der Waals surface area contributed by atoms with Gasteiger partial charge in [0, 0.05) is 226 Å². The lowest BCUT2D eigenvalue weighted by Crippen LogP contribution is -2.35. The van der Waals surface area contributed by atoms with Gasteiger partial charge >= 0.3 is 0 Å². The van der Waals surface area contributed by atoms with E-state index < -0.39 is 16.2 Å². The van der Waals surface area contributed by atoms with Gasteiger partial charge in [-0.15, -0.1) is 0 Å². The van der Waals surface area contributed by atoms with Crippen molar-refractivity contribution in [1.82, 2.24) is 0 Å². The van der Waals surface area contributed by atoms with Crippen LogP contribution in [0.15, 0.2) is 304 Å². The van der Waals surface area contributed by atoms with Crippen molar-refractivity contribution in [2.45, 2.75) is 234 Å². The number of hydrogen-bond donors (Lipinski definition) is 0. The molecule has 0 N–H and O–H groups in total. The van der Waals surface area contributed by atoms with Crippen LogP contribution in [0, 0.1) is 35.5 Å². The van der Waals surface area contributed by atoms with Gasteiger partial charge in [0.15, 0.2) is 34.5 Å². The van der Waals surface area contributed by atoms with Crippen molar-refractivity contribution < 1.29 is 43.4 Å². The third-order valence-electron chi connectivity index (χ3n) is 30.5. The Labute approximate surface area is 823 Å². The van der Waals surface area contributed by atoms with E-state index in [4.69, 9.17) is 0 Å². The fourth-order valence-electron chi connectivity index (χ4n) is 22.2. The van der Waals surface area contributed by atoms with E-state index >= 15 is 0 Å². The first-order chi connectivity index (χ1) is 66.7. The molecular weight excluding hydrogens is 1710 g/mol. The molecule has 13 nitrogen and oxygen atoms in total. The minimum atomic E-state index is -0.561. The number of carbonyl (C=O) groups is 3. The number of allylic oxidation sites excluding steroid dienone is 15. The summed E-state index contributed by atoms with van der Waals surface area (Å²) in [5.74, 6) is 19.8. The lowest BCUT2D eigenvalue weighted by molar-refractivity contribution is -0.438. The Morgan fingerprint density at radius 1 is 0.288 bits per heavy atom. The van der Waals surface area contributed by atoms with Gasteiger partial charge in [0.1, 0.15) is 19.6 Å². The molecule has 18 rings (SSSR count). The van der Waals surface area contributed by atoms with Gasteiger partial charge in [0.05, 0.1) is 16.2 Å². The Kier molecular flexibility index (Phi) is 25.8. The first-order valence-corrected chi connectivity index (χ1v) is 50.6. The molecule has 0 aromatic heterocycles. The molecule has 0 atom stereocenters. The number of nitrogens with zero attached hydrogens (tertiary/aromatic N) is 7. The lowest BCUT2D eigenvalue weighted by Gasteiger charge is -2.33. The molecule has 9 aliphatic rings. The third-order valence-corrected chi connectivity index (χ3v) is 30.5. The number of anilines is 6. The number of benzene rings is 9. The van der Waals surface area contributed by atoms with Crippen LogP contribution in [0.3, 0.4) is 0 Å². The van der Waals surface area contributed by atoms with Crippen molar-refractivity contribution in [2.24, 2.45) is 0 Å². The smallest absolute Gasteiger partial charge is 0.209 e. The standard InChI is InChI=1S/C126H129N7O6/c1-19-25-67-127-103-40-34-31-37-97(103)121(7,8)109(127)76-91-115(134)94(116(91)135)79-112-124(13,14)100-73-85(55-64-106(100)130(112)70-28-22-4)46-43-82-49-58-88(59-50-82)133(89-60-51-83(52-61-89)44-47-86-56-65-107-101(74-86)125(15,16)113(131(107)71-29-23-5)80-95-117(136)92(118(95)137)77-110-122(9,10)98-38-32-35-41-104(98)128(110)68-26-20-2)90-62-53-84(54-63-90)45-48-87-57-66-108-102(75-87)126(17,18)114(132(108)72-30-24-6)81-96-119(138)93(120(96)139)78-111-123(11,12)99-39-33-36-42-105(99)129(111)69-27-21-3/h31-42,49-66,73-81H,19-30,67-72H2,1-18H3. The van der Waals surface area contributed by atoms with E-state index in [-0.39, 0.29) is 84.3 Å². The zero-order valence-electron chi connectivity index (χ0n) is 84.3. The van der Waals surface area contributed by atoms with Crippen molar-refractivity contribution >= 4 is 85.7 Å². The molecule has 0 bridgehead atoms. The Morgan fingerprint density at radius 2 is 0.525 bits per heavy atom. The van der Waals surface area contributed by atoms with Gasteiger partial charge in [-0.3, -0.25) is 14.4 Å². The molecule has 6 heterocycles. The number of hydrogen-bond acceptors (Lipinski definition) is 10. The molecule has 13 heteroatoms. The lowest BCUT2D eigenvalue weighted by atomic mass is 9.77. The Balaban J connectivity index is 0.635. The number of unbranched alkanes of at least 4 members (excludes halogenated alkanes) is 6. The highest BCUT2D eigenvalue weighted by molar-refractivity contribution is 6.26. The van der Waals surface area contributed by atoms with Gasteiger partial charge in [0.25, 0.3) is 0 Å². The van der Waals surface area contributed by atoms with E-state index in [1.54, 1.807) is 0 Å². The fraction of sp³-hybridized carbons (Fsp3) is 0.333. The first-order valence-electron chi connectivity index (χ1n) is 50.6. The molecule has 0 unspecified atom stereocenters. The highest BCUT2D eigenvalue weighted by Crippen LogP contribution is 2.55. The van der Waals surface area contributed by atoms with Crippen LogP contribution in [0.4, 0.5) is 51.2 Å². The van der Waals surface area contributed by atoms with E-state index in [0.717, 1.165) is 252 Å². The summed E-state index contributed by atoms with van der Waals surface area (Å²) in [6.45, 7) is 43.9. The molecule has 0 saturated heterocycles. The number of ketones is 3. The van der Waals surface area contributed by atoms with Gasteiger partial charge in [0.2, 0.25) is 17.1 Å². The van der Waals surface area contributed by atoms with Crippen LogP contribution in [-0.4, -0.2) is 87.5 Å². The summed E-state index contributed by atoms with van der Waals surface area (Å²) in [6, 6.07) is 69.5. The highest BCUT2D eigenvalue weighted by atomic mass is 16.3. The minimum absolute atomic E-state index is 0.212. The van der Waals surface area contributed by atoms with Crippen LogP contribution in [0.1, 0.15) is 268 Å². The summed E-state index contributed by atoms with van der Waals surface area (Å²) in [4.78, 5) is 52.5. The SMILES string of the molecule is CCCCN1/C(=C/C2=C([O-])C(=C/C3=[N+](CCCC)c4ccccc4C3(C)C)/C2=O)C(C)(C)c2cc(C#Cc3ccc(N(c4ccc(C#Cc5ccc6c(c5)C(C)(C)/C(=C\C5=C([O-])C(=C/C7=[N+](CCCC)c8ccccc8C7(C)C)/C5=O)N6CCCC)cc4)c4ccc(C#Cc5ccc6c(c5)C(C)(C)/C(=C\C5=C([O-])C(=C/C7=[N+](CCCC)c8ccccc8C7(C)C)/C5=O)N6CCCC)cc4)cc3)ccc21. The highest BCUT2D eigenvalue weighted by Gasteiger charge is 2.51. The summed E-state index contributed by atoms with van der Waals surface area (Å²) in [7, 11) is 0. The molecule has 139 heavy (non-hydrogen) atoms. The summed E-state index contributed by atoms with van der Waals surface area (Å²) in [6.07, 6.45) is 23.0. The molecule has 9 aromatic carbocycles. The van der Waals surface area contributed by atoms with E-state index in [2.05, 4.69) is 394 Å². The topological polar surface area (TPSA) is 142 Å². The van der Waals surface area contributed by atoms with Gasteiger partial charge in [-0.25, -0.2) is 0 Å². The maximum atomic E-state index is 14.5. The Morgan fingerprint density at radius 3 is 0.770 bits per heavy atom. The maximum Gasteiger partial charge on any atom is 0.209 e. The molecule has 3 aliphatic carbocycles. The summed E-state index contributed by atoms with van der Waals surface area (Å²) in [5, 5.41) is 43.4. The largest absolute Gasteiger partial charge is 0.871 e. The van der Waals surface area contributed by atoms with E-state index in [0.29, 0.717) is 0 Å². The average molecular weight is 1840 g/mol. The number of Topliss-reactive ketones (excluding diaryl/α,β-unsaturated/α-hetero) is 3. The van der Waals surface area contributed by atoms with Gasteiger partial charge < -0.3 is 34.9 Å². The van der Waals surface area contributed by atoms with Crippen molar-refractivity contribution in [3.8, 4) is 35.5 Å². The second kappa shape index (κ2) is 37.7. The van der Waals surface area contributed by atoms with E-state index in [1.807, 2.05) is 36.5 Å². The predicted molar refractivity (Wildman–Crippen MR) is 561 cm³/mol. The minimum Gasteiger partial charge on any atom is -0.871 e. The number of carbonyl (C=O) groups excluding carboxylic acids is 3. The van der Waals surface area contributed by atoms with Gasteiger partial charge in [-0.05, 0) is 223 Å². The predicted octanol–water partition coefficient (Wildman–Crippen LogP) is 23.7. The van der Waals surface area contributed by atoms with Crippen LogP contribution in [0.5, 0.6) is 0 Å². The van der Waals surface area contributed by atoms with Crippen LogP contribution in [0.2, 0.25) is 0 Å². The zero-order valence-corrected chi connectivity index (χ0v) is 84.3. The molecule has 0 fully saturated rings. The molecule has 0 amide bonds. The van der Waals surface area contributed by atoms with E-state index in [9.17, 15) is 29.7 Å². The average Bonchev–Trinajstić information content (AvgIpc) is 1.59. The van der Waals surface area contributed by atoms with Crippen LogP contribution in [0.25, 0.3) is 0 Å². The van der Waals surface area contributed by atoms with Crippen LogP contribution in [-0.2, 0) is 46.9 Å². The fourth-order valence-corrected chi connectivity index (χ4v) is 22.2. The third kappa shape index (κ3) is 16.8. The summed E-state index contributed by atoms with van der Waals surface area (Å²) in [5.41, 5.74) is 25.5. The summed E-state index contributed by atoms with van der Waals surface area (Å²) >= 11 is 0. The molecule has 0 spiro atoms. The number of rotatable bonds is 27.